The van der Waals surface area contributed by atoms with Gasteiger partial charge in [0.15, 0.2) is 0 Å². The standard InChI is InChI=1S/C12H18N2O4S/c1-9-3-5-14(6-4-9)19(16,17)10-7-11(13-8-10)12(15)18-2/h7-9,13H,3-6H2,1-2H3. The molecule has 19 heavy (non-hydrogen) atoms. The molecule has 1 aromatic heterocycles. The maximum absolute atomic E-state index is 12.4. The molecular weight excluding hydrogens is 268 g/mol. The van der Waals surface area contributed by atoms with Crippen LogP contribution >= 0.6 is 0 Å². The van der Waals surface area contributed by atoms with Crippen LogP contribution in [-0.2, 0) is 14.8 Å². The van der Waals surface area contributed by atoms with Gasteiger partial charge in [-0.15, -0.1) is 0 Å². The average Bonchev–Trinajstić information content (AvgIpc) is 2.88. The number of nitrogens with one attached hydrogen (secondary N) is 1. The van der Waals surface area contributed by atoms with Gasteiger partial charge in [0.25, 0.3) is 0 Å². The zero-order valence-corrected chi connectivity index (χ0v) is 11.9. The summed E-state index contributed by atoms with van der Waals surface area (Å²) in [6.45, 7) is 3.18. The SMILES string of the molecule is COC(=O)c1cc(S(=O)(=O)N2CCC(C)CC2)c[nH]1. The third-order valence-electron chi connectivity index (χ3n) is 3.44. The molecule has 6 nitrogen and oxygen atoms in total. The summed E-state index contributed by atoms with van der Waals surface area (Å²) in [5.74, 6) is -0.0166. The smallest absolute Gasteiger partial charge is 0.354 e. The number of piperidine rings is 1. The van der Waals surface area contributed by atoms with E-state index in [-0.39, 0.29) is 10.6 Å². The van der Waals surface area contributed by atoms with Crippen LogP contribution in [0.5, 0.6) is 0 Å². The molecule has 1 aromatic rings. The van der Waals surface area contributed by atoms with E-state index in [2.05, 4.69) is 16.6 Å². The summed E-state index contributed by atoms with van der Waals surface area (Å²) in [6.07, 6.45) is 3.07. The van der Waals surface area contributed by atoms with Crippen LogP contribution in [0.25, 0.3) is 0 Å². The third-order valence-corrected chi connectivity index (χ3v) is 5.32. The maximum atomic E-state index is 12.4. The van der Waals surface area contributed by atoms with Gasteiger partial charge in [0.05, 0.1) is 7.11 Å². The van der Waals surface area contributed by atoms with Crippen LogP contribution < -0.4 is 0 Å². The summed E-state index contributed by atoms with van der Waals surface area (Å²) in [5, 5.41) is 0. The second-order valence-electron chi connectivity index (χ2n) is 4.83. The van der Waals surface area contributed by atoms with Crippen LogP contribution in [0.4, 0.5) is 0 Å². The number of esters is 1. The van der Waals surface area contributed by atoms with Crippen molar-refractivity contribution in [2.45, 2.75) is 24.7 Å². The number of aromatic nitrogens is 1. The Kier molecular flexibility index (Phi) is 3.96. The minimum atomic E-state index is -3.51. The predicted octanol–water partition coefficient (Wildman–Crippen LogP) is 1.22. The number of aromatic amines is 1. The van der Waals surface area contributed by atoms with Crippen LogP contribution in [0.3, 0.4) is 0 Å². The summed E-state index contributed by atoms with van der Waals surface area (Å²) in [5.41, 5.74) is 0.145. The Hall–Kier alpha value is -1.34. The molecule has 2 rings (SSSR count). The van der Waals surface area contributed by atoms with Gasteiger partial charge in [-0.25, -0.2) is 13.2 Å². The van der Waals surface area contributed by atoms with Crippen molar-refractivity contribution < 1.29 is 17.9 Å². The fraction of sp³-hybridized carbons (Fsp3) is 0.583. The van der Waals surface area contributed by atoms with Crippen molar-refractivity contribution in [3.63, 3.8) is 0 Å². The Morgan fingerprint density at radius 1 is 1.42 bits per heavy atom. The molecule has 0 amide bonds. The molecule has 1 aliphatic heterocycles. The number of nitrogens with zero attached hydrogens (tertiary/aromatic N) is 1. The summed E-state index contributed by atoms with van der Waals surface area (Å²) < 4.78 is 30.8. The van der Waals surface area contributed by atoms with E-state index in [9.17, 15) is 13.2 Å². The highest BCUT2D eigenvalue weighted by Gasteiger charge is 2.29. The highest BCUT2D eigenvalue weighted by molar-refractivity contribution is 7.89. The van der Waals surface area contributed by atoms with E-state index in [0.29, 0.717) is 19.0 Å². The zero-order valence-electron chi connectivity index (χ0n) is 11.0. The van der Waals surface area contributed by atoms with Gasteiger partial charge in [-0.3, -0.25) is 0 Å². The number of rotatable bonds is 3. The molecule has 1 aliphatic rings. The molecule has 0 aliphatic carbocycles. The molecule has 0 unspecified atom stereocenters. The largest absolute Gasteiger partial charge is 0.464 e. The molecule has 7 heteroatoms. The van der Waals surface area contributed by atoms with Gasteiger partial charge in [0, 0.05) is 19.3 Å². The van der Waals surface area contributed by atoms with Crippen LogP contribution in [0.15, 0.2) is 17.2 Å². The van der Waals surface area contributed by atoms with Crippen molar-refractivity contribution in [1.82, 2.24) is 9.29 Å². The van der Waals surface area contributed by atoms with Gasteiger partial charge in [0.2, 0.25) is 10.0 Å². The van der Waals surface area contributed by atoms with E-state index in [1.165, 1.54) is 23.7 Å². The Balaban J connectivity index is 2.20. The van der Waals surface area contributed by atoms with Crippen molar-refractivity contribution in [1.29, 1.82) is 0 Å². The quantitative estimate of drug-likeness (QED) is 0.847. The number of hydrogen-bond donors (Lipinski definition) is 1. The minimum absolute atomic E-state index is 0.113. The van der Waals surface area contributed by atoms with Gasteiger partial charge < -0.3 is 9.72 Å². The molecule has 0 saturated carbocycles. The Morgan fingerprint density at radius 3 is 2.63 bits per heavy atom. The first-order chi connectivity index (χ1) is 8.95. The molecule has 2 heterocycles. The van der Waals surface area contributed by atoms with E-state index in [1.54, 1.807) is 0 Å². The molecule has 0 bridgehead atoms. The van der Waals surface area contributed by atoms with Gasteiger partial charge in [0.1, 0.15) is 10.6 Å². The number of carbonyl (C=O) groups excluding carboxylic acids is 1. The Labute approximate surface area is 112 Å². The van der Waals surface area contributed by atoms with Gasteiger partial charge >= 0.3 is 5.97 Å². The number of hydrogen-bond acceptors (Lipinski definition) is 4. The van der Waals surface area contributed by atoms with Crippen molar-refractivity contribution >= 4 is 16.0 Å². The number of carbonyl (C=O) groups is 1. The Morgan fingerprint density at radius 2 is 2.05 bits per heavy atom. The predicted molar refractivity (Wildman–Crippen MR) is 69.3 cm³/mol. The van der Waals surface area contributed by atoms with E-state index in [0.717, 1.165) is 12.8 Å². The number of ether oxygens (including phenoxy) is 1. The van der Waals surface area contributed by atoms with Crippen LogP contribution in [0.1, 0.15) is 30.3 Å². The first kappa shape index (κ1) is 14.1. The van der Waals surface area contributed by atoms with Crippen LogP contribution in [-0.4, -0.2) is 43.9 Å². The molecular formula is C12H18N2O4S. The monoisotopic (exact) mass is 286 g/mol. The van der Waals surface area contributed by atoms with Crippen molar-refractivity contribution in [2.75, 3.05) is 20.2 Å². The van der Waals surface area contributed by atoms with Crippen molar-refractivity contribution in [2.24, 2.45) is 5.92 Å². The first-order valence-electron chi connectivity index (χ1n) is 6.22. The lowest BCUT2D eigenvalue weighted by molar-refractivity contribution is 0.0595. The van der Waals surface area contributed by atoms with Crippen molar-refractivity contribution in [3.05, 3.63) is 18.0 Å². The van der Waals surface area contributed by atoms with E-state index < -0.39 is 16.0 Å². The summed E-state index contributed by atoms with van der Waals surface area (Å²) in [6, 6.07) is 1.32. The lowest BCUT2D eigenvalue weighted by Crippen LogP contribution is -2.37. The summed E-state index contributed by atoms with van der Waals surface area (Å²) in [4.78, 5) is 14.1. The first-order valence-corrected chi connectivity index (χ1v) is 7.66. The topological polar surface area (TPSA) is 79.5 Å². The van der Waals surface area contributed by atoms with Gasteiger partial charge in [-0.2, -0.15) is 4.31 Å². The Bertz CT molecular complexity index is 556. The van der Waals surface area contributed by atoms with E-state index in [1.807, 2.05) is 0 Å². The summed E-state index contributed by atoms with van der Waals surface area (Å²) in [7, 11) is -2.26. The van der Waals surface area contributed by atoms with Gasteiger partial charge in [-0.1, -0.05) is 6.92 Å². The fourth-order valence-corrected chi connectivity index (χ4v) is 3.59. The minimum Gasteiger partial charge on any atom is -0.464 e. The molecule has 106 valence electrons. The lowest BCUT2D eigenvalue weighted by atomic mass is 10.0. The molecule has 0 aromatic carbocycles. The normalized spacial score (nSPS) is 18.4. The van der Waals surface area contributed by atoms with Crippen molar-refractivity contribution in [3.8, 4) is 0 Å². The highest BCUT2D eigenvalue weighted by atomic mass is 32.2. The number of sulfonamides is 1. The fourth-order valence-electron chi connectivity index (χ4n) is 2.13. The zero-order chi connectivity index (χ0) is 14.0. The number of H-pyrrole nitrogens is 1. The molecule has 1 fully saturated rings. The second kappa shape index (κ2) is 5.34. The molecule has 0 atom stereocenters. The van der Waals surface area contributed by atoms with Gasteiger partial charge in [-0.05, 0) is 24.8 Å². The van der Waals surface area contributed by atoms with E-state index in [4.69, 9.17) is 0 Å². The number of methoxy groups -OCH3 is 1. The average molecular weight is 286 g/mol. The molecule has 0 radical (unpaired) electrons. The third kappa shape index (κ3) is 2.82. The molecule has 1 N–H and O–H groups in total. The second-order valence-corrected chi connectivity index (χ2v) is 6.77. The maximum Gasteiger partial charge on any atom is 0.354 e. The highest BCUT2D eigenvalue weighted by Crippen LogP contribution is 2.23. The summed E-state index contributed by atoms with van der Waals surface area (Å²) >= 11 is 0. The lowest BCUT2D eigenvalue weighted by Gasteiger charge is -2.28. The molecule has 1 saturated heterocycles. The van der Waals surface area contributed by atoms with Crippen LogP contribution in [0, 0.1) is 5.92 Å². The van der Waals surface area contributed by atoms with E-state index >= 15 is 0 Å². The van der Waals surface area contributed by atoms with Crippen LogP contribution in [0.2, 0.25) is 0 Å². The molecule has 0 spiro atoms.